The first-order chi connectivity index (χ1) is 14.1. The van der Waals surface area contributed by atoms with Crippen LogP contribution in [-0.2, 0) is 4.79 Å². The van der Waals surface area contributed by atoms with Crippen LogP contribution in [0.3, 0.4) is 0 Å². The van der Waals surface area contributed by atoms with Gasteiger partial charge in [0.15, 0.2) is 0 Å². The fraction of sp³-hybridized carbons (Fsp3) is 0.400. The fourth-order valence-corrected chi connectivity index (χ4v) is 4.71. The molecule has 2 saturated heterocycles. The Labute approximate surface area is 171 Å². The van der Waals surface area contributed by atoms with E-state index in [0.29, 0.717) is 38.4 Å². The summed E-state index contributed by atoms with van der Waals surface area (Å²) in [6.45, 7) is 2.99. The molecule has 29 heavy (non-hydrogen) atoms. The number of hydrogen-bond donors (Lipinski definition) is 0. The van der Waals surface area contributed by atoms with Gasteiger partial charge in [0.05, 0.1) is 24.0 Å². The van der Waals surface area contributed by atoms with Crippen LogP contribution in [-0.4, -0.2) is 71.7 Å². The maximum atomic E-state index is 13.4. The Morgan fingerprint density at radius 1 is 1.14 bits per heavy atom. The molecule has 7 nitrogen and oxygen atoms in total. The molecule has 2 aliphatic rings. The van der Waals surface area contributed by atoms with Gasteiger partial charge < -0.3 is 4.90 Å². The van der Waals surface area contributed by atoms with E-state index in [1.165, 1.54) is 0 Å². The molecule has 0 saturated carbocycles. The first kappa shape index (κ1) is 18.4. The summed E-state index contributed by atoms with van der Waals surface area (Å²) in [4.78, 5) is 31.7. The number of halogens is 1. The van der Waals surface area contributed by atoms with Gasteiger partial charge in [0.1, 0.15) is 28.3 Å². The van der Waals surface area contributed by atoms with Gasteiger partial charge in [-0.05, 0) is 25.6 Å². The molecule has 1 amide bonds. The maximum Gasteiger partial charge on any atom is 0.242 e. The quantitative estimate of drug-likeness (QED) is 0.659. The highest BCUT2D eigenvalue weighted by Crippen LogP contribution is 2.32. The molecule has 3 aromatic heterocycles. The van der Waals surface area contributed by atoms with E-state index in [2.05, 4.69) is 15.0 Å². The summed E-state index contributed by atoms with van der Waals surface area (Å²) < 4.78 is 14.4. The largest absolute Gasteiger partial charge is 0.354 e. The van der Waals surface area contributed by atoms with Crippen molar-refractivity contribution in [1.29, 1.82) is 0 Å². The number of aromatic nitrogens is 3. The molecule has 2 aliphatic heterocycles. The van der Waals surface area contributed by atoms with Gasteiger partial charge in [0, 0.05) is 37.5 Å². The Bertz CT molecular complexity index is 1050. The van der Waals surface area contributed by atoms with Gasteiger partial charge in [0.25, 0.3) is 0 Å². The van der Waals surface area contributed by atoms with E-state index in [9.17, 15) is 9.18 Å². The number of anilines is 2. The fourth-order valence-electron chi connectivity index (χ4n) is 3.75. The van der Waals surface area contributed by atoms with Crippen molar-refractivity contribution in [3.05, 3.63) is 30.6 Å². The number of thiazole rings is 1. The number of piperazine rings is 1. The number of fused-ring (bicyclic) bond motifs is 1. The second-order valence-corrected chi connectivity index (χ2v) is 8.58. The highest BCUT2D eigenvalue weighted by atomic mass is 32.1. The molecule has 2 fully saturated rings. The van der Waals surface area contributed by atoms with Crippen LogP contribution < -0.4 is 9.80 Å². The van der Waals surface area contributed by atoms with Crippen LogP contribution in [0.4, 0.5) is 16.0 Å². The van der Waals surface area contributed by atoms with Crippen molar-refractivity contribution in [2.24, 2.45) is 0 Å². The zero-order chi connectivity index (χ0) is 20.0. The average molecular weight is 412 g/mol. The van der Waals surface area contributed by atoms with Gasteiger partial charge in [-0.1, -0.05) is 0 Å². The normalized spacial score (nSPS) is 20.8. The molecular weight excluding hydrogens is 391 g/mol. The molecule has 3 aromatic rings. The molecule has 0 aliphatic carbocycles. The third-order valence-electron chi connectivity index (χ3n) is 5.40. The van der Waals surface area contributed by atoms with Crippen LogP contribution in [0.25, 0.3) is 20.8 Å². The van der Waals surface area contributed by atoms with Crippen LogP contribution in [0.2, 0.25) is 0 Å². The Morgan fingerprint density at radius 2 is 2.00 bits per heavy atom. The zero-order valence-corrected chi connectivity index (χ0v) is 16.9. The number of rotatable bonds is 3. The number of carbonyl (C=O) groups excluding carboxylic acids is 1. The lowest BCUT2D eigenvalue weighted by molar-refractivity contribution is -0.120. The number of pyridine rings is 2. The van der Waals surface area contributed by atoms with Gasteiger partial charge in [-0.3, -0.25) is 14.6 Å². The number of likely N-dealkylation sites (N-methyl/N-ethyl adjacent to an activating group) is 1. The third-order valence-corrected chi connectivity index (χ3v) is 6.47. The molecular formula is C20H21FN6OS. The van der Waals surface area contributed by atoms with Crippen LogP contribution >= 0.6 is 11.3 Å². The van der Waals surface area contributed by atoms with Crippen LogP contribution in [0, 0.1) is 0 Å². The zero-order valence-electron chi connectivity index (χ0n) is 16.1. The van der Waals surface area contributed by atoms with E-state index >= 15 is 0 Å². The van der Waals surface area contributed by atoms with Crippen molar-refractivity contribution in [3.8, 4) is 10.6 Å². The van der Waals surface area contributed by atoms with Crippen LogP contribution in [0.1, 0.15) is 6.42 Å². The minimum Gasteiger partial charge on any atom is -0.354 e. The summed E-state index contributed by atoms with van der Waals surface area (Å²) in [5.74, 6) is 1.54. The SMILES string of the molecule is CN1CCN(c2cc3sc(-c4ccc(N5CC[C@H](F)C5)nc4)nc3cn2)C(=O)C1. The summed E-state index contributed by atoms with van der Waals surface area (Å²) in [5, 5.41) is 0.854. The van der Waals surface area contributed by atoms with Crippen molar-refractivity contribution in [3.63, 3.8) is 0 Å². The highest BCUT2D eigenvalue weighted by Gasteiger charge is 2.25. The molecule has 0 spiro atoms. The molecule has 0 aromatic carbocycles. The molecule has 0 unspecified atom stereocenters. The smallest absolute Gasteiger partial charge is 0.242 e. The summed E-state index contributed by atoms with van der Waals surface area (Å²) in [5.41, 5.74) is 1.72. The molecule has 150 valence electrons. The molecule has 5 heterocycles. The topological polar surface area (TPSA) is 65.5 Å². The van der Waals surface area contributed by atoms with E-state index < -0.39 is 6.17 Å². The number of amides is 1. The van der Waals surface area contributed by atoms with E-state index in [0.717, 1.165) is 33.2 Å². The van der Waals surface area contributed by atoms with Gasteiger partial charge in [-0.2, -0.15) is 0 Å². The predicted octanol–water partition coefficient (Wildman–Crippen LogP) is 2.58. The summed E-state index contributed by atoms with van der Waals surface area (Å²) in [7, 11) is 1.94. The van der Waals surface area contributed by atoms with Crippen LogP contribution in [0.15, 0.2) is 30.6 Å². The van der Waals surface area contributed by atoms with Gasteiger partial charge in [-0.25, -0.2) is 19.3 Å². The molecule has 5 rings (SSSR count). The summed E-state index contributed by atoms with van der Waals surface area (Å²) in [6, 6.07) is 5.84. The Kier molecular flexibility index (Phi) is 4.63. The van der Waals surface area contributed by atoms with Crippen molar-refractivity contribution in [1.82, 2.24) is 19.9 Å². The van der Waals surface area contributed by atoms with E-state index in [1.54, 1.807) is 28.6 Å². The lowest BCUT2D eigenvalue weighted by Crippen LogP contribution is -2.49. The number of hydrogen-bond acceptors (Lipinski definition) is 7. The lowest BCUT2D eigenvalue weighted by atomic mass is 10.3. The van der Waals surface area contributed by atoms with Crippen molar-refractivity contribution >= 4 is 39.1 Å². The van der Waals surface area contributed by atoms with Gasteiger partial charge in [-0.15, -0.1) is 11.3 Å². The van der Waals surface area contributed by atoms with Crippen molar-refractivity contribution < 1.29 is 9.18 Å². The standard InChI is InChI=1S/C20H21FN6OS/c1-25-6-7-27(19(28)12-25)18-8-16-15(10-23-18)24-20(29-16)13-2-3-17(22-9-13)26-5-4-14(21)11-26/h2-3,8-10,14H,4-7,11-12H2,1H3/t14-/m0/s1. The Balaban J connectivity index is 1.39. The molecule has 0 radical (unpaired) electrons. The number of carbonyl (C=O) groups is 1. The van der Waals surface area contributed by atoms with Crippen molar-refractivity contribution in [2.75, 3.05) is 49.6 Å². The molecule has 0 N–H and O–H groups in total. The second-order valence-electron chi connectivity index (χ2n) is 7.55. The highest BCUT2D eigenvalue weighted by molar-refractivity contribution is 7.21. The number of nitrogens with zero attached hydrogens (tertiary/aromatic N) is 6. The first-order valence-corrected chi connectivity index (χ1v) is 10.5. The maximum absolute atomic E-state index is 13.4. The number of alkyl halides is 1. The first-order valence-electron chi connectivity index (χ1n) is 9.68. The molecule has 1 atom stereocenters. The van der Waals surface area contributed by atoms with E-state index in [-0.39, 0.29) is 5.91 Å². The van der Waals surface area contributed by atoms with Crippen molar-refractivity contribution in [2.45, 2.75) is 12.6 Å². The van der Waals surface area contributed by atoms with E-state index in [4.69, 9.17) is 0 Å². The molecule has 0 bridgehead atoms. The third kappa shape index (κ3) is 3.56. The predicted molar refractivity (Wildman–Crippen MR) is 112 cm³/mol. The minimum absolute atomic E-state index is 0.0626. The van der Waals surface area contributed by atoms with E-state index in [1.807, 2.05) is 35.0 Å². The van der Waals surface area contributed by atoms with Crippen LogP contribution in [0.5, 0.6) is 0 Å². The molecule has 9 heteroatoms. The Morgan fingerprint density at radius 3 is 2.72 bits per heavy atom. The summed E-state index contributed by atoms with van der Waals surface area (Å²) in [6.07, 6.45) is 3.31. The summed E-state index contributed by atoms with van der Waals surface area (Å²) >= 11 is 1.56. The Hall–Kier alpha value is -2.65. The minimum atomic E-state index is -0.769. The second kappa shape index (κ2) is 7.31. The average Bonchev–Trinajstić information content (AvgIpc) is 3.34. The van der Waals surface area contributed by atoms with Gasteiger partial charge >= 0.3 is 0 Å². The lowest BCUT2D eigenvalue weighted by Gasteiger charge is -2.31. The monoisotopic (exact) mass is 412 g/mol. The van der Waals surface area contributed by atoms with Gasteiger partial charge in [0.2, 0.25) is 5.91 Å².